The first-order chi connectivity index (χ1) is 17.5. The molecule has 0 saturated heterocycles. The van der Waals surface area contributed by atoms with E-state index in [-0.39, 0.29) is 36.2 Å². The van der Waals surface area contributed by atoms with E-state index in [1.165, 1.54) is 30.5 Å². The smallest absolute Gasteiger partial charge is 0.243 e. The fourth-order valence-electron chi connectivity index (χ4n) is 3.81. The van der Waals surface area contributed by atoms with Crippen LogP contribution in [0.3, 0.4) is 0 Å². The molecule has 37 heavy (non-hydrogen) atoms. The summed E-state index contributed by atoms with van der Waals surface area (Å²) in [5.74, 6) is -0.247. The standard InChI is InChI=1S/C27H39N3O6S/c1-6-19(2)17-30(37(34,35)24-14-12-23(36-5)13-15-24)18-26(32)25(16-22-10-8-7-9-11-22)29-27(33)20(3)28-21(4)31/h7-15,19-20,25-26,32H,6,16-18H2,1-5H3,(H,28,31)(H,29,33)/t19-,20-,25-,26+/m0/s1. The first-order valence-electron chi connectivity index (χ1n) is 12.4. The number of aliphatic hydroxyl groups excluding tert-OH is 1. The molecular formula is C27H39N3O6S. The predicted octanol–water partition coefficient (Wildman–Crippen LogP) is 2.34. The maximum Gasteiger partial charge on any atom is 0.243 e. The van der Waals surface area contributed by atoms with Crippen molar-refractivity contribution in [2.24, 2.45) is 5.92 Å². The number of nitrogens with zero attached hydrogens (tertiary/aromatic N) is 1. The molecule has 9 nitrogen and oxygen atoms in total. The van der Waals surface area contributed by atoms with Crippen molar-refractivity contribution in [1.82, 2.24) is 14.9 Å². The zero-order valence-electron chi connectivity index (χ0n) is 22.2. The van der Waals surface area contributed by atoms with E-state index in [1.54, 1.807) is 19.1 Å². The van der Waals surface area contributed by atoms with Crippen molar-refractivity contribution in [3.63, 3.8) is 0 Å². The Morgan fingerprint density at radius 1 is 1.00 bits per heavy atom. The number of aliphatic hydroxyl groups is 1. The van der Waals surface area contributed by atoms with Gasteiger partial charge in [0, 0.05) is 20.0 Å². The van der Waals surface area contributed by atoms with Crippen LogP contribution in [-0.2, 0) is 26.0 Å². The van der Waals surface area contributed by atoms with E-state index in [1.807, 2.05) is 44.2 Å². The number of amides is 2. The predicted molar refractivity (Wildman–Crippen MR) is 143 cm³/mol. The molecule has 2 aromatic carbocycles. The summed E-state index contributed by atoms with van der Waals surface area (Å²) < 4.78 is 33.6. The van der Waals surface area contributed by atoms with Crippen molar-refractivity contribution in [2.45, 2.75) is 63.6 Å². The molecule has 0 aliphatic heterocycles. The number of ether oxygens (including phenoxy) is 1. The lowest BCUT2D eigenvalue weighted by molar-refractivity contribution is -0.128. The van der Waals surface area contributed by atoms with E-state index in [9.17, 15) is 23.1 Å². The lowest BCUT2D eigenvalue weighted by atomic mass is 10.00. The van der Waals surface area contributed by atoms with Crippen molar-refractivity contribution >= 4 is 21.8 Å². The van der Waals surface area contributed by atoms with Crippen molar-refractivity contribution in [3.8, 4) is 5.75 Å². The normalized spacial score (nSPS) is 14.9. The Morgan fingerprint density at radius 2 is 1.62 bits per heavy atom. The van der Waals surface area contributed by atoms with Crippen molar-refractivity contribution in [1.29, 1.82) is 0 Å². The van der Waals surface area contributed by atoms with Gasteiger partial charge in [0.05, 0.1) is 24.2 Å². The fourth-order valence-corrected chi connectivity index (χ4v) is 5.39. The number of methoxy groups -OCH3 is 1. The molecule has 0 fully saturated rings. The highest BCUT2D eigenvalue weighted by Gasteiger charge is 2.32. The van der Waals surface area contributed by atoms with Gasteiger partial charge < -0.3 is 20.5 Å². The lowest BCUT2D eigenvalue weighted by Gasteiger charge is -2.31. The minimum atomic E-state index is -3.95. The number of rotatable bonds is 14. The number of carbonyl (C=O) groups excluding carboxylic acids is 2. The van der Waals surface area contributed by atoms with Gasteiger partial charge in [-0.15, -0.1) is 0 Å². The number of sulfonamides is 1. The third-order valence-electron chi connectivity index (χ3n) is 6.20. The fraction of sp³-hybridized carbons (Fsp3) is 0.481. The van der Waals surface area contributed by atoms with Gasteiger partial charge in [0.1, 0.15) is 11.8 Å². The Labute approximate surface area is 220 Å². The zero-order chi connectivity index (χ0) is 27.6. The molecule has 10 heteroatoms. The summed E-state index contributed by atoms with van der Waals surface area (Å²) in [4.78, 5) is 24.3. The van der Waals surface area contributed by atoms with Crippen LogP contribution in [0.5, 0.6) is 5.75 Å². The second-order valence-corrected chi connectivity index (χ2v) is 11.2. The van der Waals surface area contributed by atoms with E-state index in [0.717, 1.165) is 12.0 Å². The summed E-state index contributed by atoms with van der Waals surface area (Å²) in [7, 11) is -2.44. The monoisotopic (exact) mass is 533 g/mol. The van der Waals surface area contributed by atoms with Crippen LogP contribution in [0.15, 0.2) is 59.5 Å². The van der Waals surface area contributed by atoms with E-state index in [4.69, 9.17) is 4.74 Å². The molecule has 0 aromatic heterocycles. The second kappa shape index (κ2) is 14.1. The molecule has 0 aliphatic rings. The van der Waals surface area contributed by atoms with Crippen molar-refractivity contribution in [2.75, 3.05) is 20.2 Å². The van der Waals surface area contributed by atoms with E-state index < -0.39 is 34.1 Å². The molecule has 2 amide bonds. The highest BCUT2D eigenvalue weighted by molar-refractivity contribution is 7.89. The van der Waals surface area contributed by atoms with E-state index in [2.05, 4.69) is 10.6 Å². The number of benzene rings is 2. The maximum absolute atomic E-state index is 13.6. The molecule has 204 valence electrons. The number of hydrogen-bond acceptors (Lipinski definition) is 6. The summed E-state index contributed by atoms with van der Waals surface area (Å²) in [5, 5.41) is 16.6. The first kappa shape index (κ1) is 30.3. The number of nitrogens with one attached hydrogen (secondary N) is 2. The molecule has 3 N–H and O–H groups in total. The van der Waals surface area contributed by atoms with Gasteiger partial charge >= 0.3 is 0 Å². The quantitative estimate of drug-likeness (QED) is 0.342. The highest BCUT2D eigenvalue weighted by Crippen LogP contribution is 2.22. The lowest BCUT2D eigenvalue weighted by Crippen LogP contribution is -2.54. The molecule has 4 atom stereocenters. The molecule has 2 aromatic rings. The minimum absolute atomic E-state index is 0.0437. The number of hydrogen-bond donors (Lipinski definition) is 3. The summed E-state index contributed by atoms with van der Waals surface area (Å²) in [6.07, 6.45) is -0.186. The van der Waals surface area contributed by atoms with Gasteiger partial charge in [-0.2, -0.15) is 4.31 Å². The van der Waals surface area contributed by atoms with Gasteiger partial charge in [-0.25, -0.2) is 8.42 Å². The molecule has 0 bridgehead atoms. The molecule has 0 saturated carbocycles. The van der Waals surface area contributed by atoms with Crippen LogP contribution in [0, 0.1) is 5.92 Å². The summed E-state index contributed by atoms with van der Waals surface area (Å²) in [5.41, 5.74) is 0.866. The van der Waals surface area contributed by atoms with Gasteiger partial charge in [0.25, 0.3) is 0 Å². The van der Waals surface area contributed by atoms with Gasteiger partial charge in [-0.3, -0.25) is 9.59 Å². The average Bonchev–Trinajstić information content (AvgIpc) is 2.87. The molecular weight excluding hydrogens is 494 g/mol. The van der Waals surface area contributed by atoms with Crippen molar-refractivity contribution < 1.29 is 27.9 Å². The second-order valence-electron chi connectivity index (χ2n) is 9.31. The molecule has 0 unspecified atom stereocenters. The summed E-state index contributed by atoms with van der Waals surface area (Å²) in [6.45, 7) is 6.77. The van der Waals surface area contributed by atoms with Gasteiger partial charge in [-0.1, -0.05) is 50.6 Å². The maximum atomic E-state index is 13.6. The average molecular weight is 534 g/mol. The highest BCUT2D eigenvalue weighted by atomic mass is 32.2. The zero-order valence-corrected chi connectivity index (χ0v) is 23.0. The van der Waals surface area contributed by atoms with Crippen LogP contribution in [0.2, 0.25) is 0 Å². The minimum Gasteiger partial charge on any atom is -0.497 e. The van der Waals surface area contributed by atoms with Crippen LogP contribution in [0.4, 0.5) is 0 Å². The SMILES string of the molecule is CC[C@H](C)CN(C[C@@H](O)[C@H](Cc1ccccc1)NC(=O)[C@H](C)NC(C)=O)S(=O)(=O)c1ccc(OC)cc1. The third kappa shape index (κ3) is 9.14. The number of carbonyl (C=O) groups is 2. The summed E-state index contributed by atoms with van der Waals surface area (Å²) >= 11 is 0. The molecule has 0 heterocycles. The molecule has 0 radical (unpaired) electrons. The Morgan fingerprint density at radius 3 is 2.16 bits per heavy atom. The van der Waals surface area contributed by atoms with Crippen LogP contribution < -0.4 is 15.4 Å². The molecule has 2 rings (SSSR count). The topological polar surface area (TPSA) is 125 Å². The van der Waals surface area contributed by atoms with Crippen LogP contribution >= 0.6 is 0 Å². The molecule has 0 aliphatic carbocycles. The largest absolute Gasteiger partial charge is 0.497 e. The van der Waals surface area contributed by atoms with Crippen LogP contribution in [-0.4, -0.2) is 68.0 Å². The third-order valence-corrected chi connectivity index (χ3v) is 8.05. The van der Waals surface area contributed by atoms with Crippen LogP contribution in [0.1, 0.15) is 39.7 Å². The Balaban J connectivity index is 2.34. The Hall–Kier alpha value is -2.95. The van der Waals surface area contributed by atoms with E-state index in [0.29, 0.717) is 5.75 Å². The molecule has 0 spiro atoms. The van der Waals surface area contributed by atoms with Crippen LogP contribution in [0.25, 0.3) is 0 Å². The van der Waals surface area contributed by atoms with E-state index >= 15 is 0 Å². The Bertz CT molecular complexity index is 1110. The first-order valence-corrected chi connectivity index (χ1v) is 13.9. The van der Waals surface area contributed by atoms with Gasteiger partial charge in [0.2, 0.25) is 21.8 Å². The Kier molecular flexibility index (Phi) is 11.5. The van der Waals surface area contributed by atoms with Gasteiger partial charge in [-0.05, 0) is 49.1 Å². The van der Waals surface area contributed by atoms with Crippen molar-refractivity contribution in [3.05, 3.63) is 60.2 Å². The summed E-state index contributed by atoms with van der Waals surface area (Å²) in [6, 6.07) is 13.8. The van der Waals surface area contributed by atoms with Gasteiger partial charge in [0.15, 0.2) is 0 Å².